The standard InChI is InChI=1S/C29H31BrN4O3/c1-4-6-19-33(29(36)31-22-17-15-21(30)16-18-22)20(3)27-32-24-12-8-7-11-23(24)28(35)34(27)25-13-9-10-14-26(25)37-5-2/h7-18,20H,4-6,19H2,1-3H3,(H,31,36). The smallest absolute Gasteiger partial charge is 0.322 e. The Balaban J connectivity index is 1.85. The summed E-state index contributed by atoms with van der Waals surface area (Å²) in [6, 6.07) is 21.4. The number of amides is 2. The summed E-state index contributed by atoms with van der Waals surface area (Å²) in [6.07, 6.45) is 1.73. The third kappa shape index (κ3) is 5.85. The first-order valence-electron chi connectivity index (χ1n) is 12.5. The average Bonchev–Trinajstić information content (AvgIpc) is 2.91. The Morgan fingerprint density at radius 1 is 1.05 bits per heavy atom. The summed E-state index contributed by atoms with van der Waals surface area (Å²) in [7, 11) is 0. The molecular formula is C29H31BrN4O3. The maximum atomic E-state index is 13.9. The molecule has 1 heterocycles. The second-order valence-corrected chi connectivity index (χ2v) is 9.60. The van der Waals surface area contributed by atoms with Gasteiger partial charge < -0.3 is 15.0 Å². The van der Waals surface area contributed by atoms with E-state index in [-0.39, 0.29) is 11.6 Å². The molecule has 8 heteroatoms. The van der Waals surface area contributed by atoms with Gasteiger partial charge in [0.2, 0.25) is 0 Å². The van der Waals surface area contributed by atoms with Crippen LogP contribution >= 0.6 is 15.9 Å². The highest BCUT2D eigenvalue weighted by Gasteiger charge is 2.27. The first-order chi connectivity index (χ1) is 17.9. The largest absolute Gasteiger partial charge is 0.492 e. The quantitative estimate of drug-likeness (QED) is 0.239. The summed E-state index contributed by atoms with van der Waals surface area (Å²) >= 11 is 3.43. The molecule has 7 nitrogen and oxygen atoms in total. The van der Waals surface area contributed by atoms with Crippen LogP contribution in [0.15, 0.2) is 82.1 Å². The summed E-state index contributed by atoms with van der Waals surface area (Å²) in [6.45, 7) is 6.86. The molecule has 1 aromatic heterocycles. The van der Waals surface area contributed by atoms with E-state index in [1.165, 1.54) is 0 Å². The summed E-state index contributed by atoms with van der Waals surface area (Å²) in [5, 5.41) is 3.50. The Bertz CT molecular complexity index is 1440. The van der Waals surface area contributed by atoms with Crippen LogP contribution in [0.25, 0.3) is 16.6 Å². The van der Waals surface area contributed by atoms with Crippen LogP contribution < -0.4 is 15.6 Å². The number of anilines is 1. The zero-order valence-corrected chi connectivity index (χ0v) is 22.9. The van der Waals surface area contributed by atoms with Crippen molar-refractivity contribution in [1.82, 2.24) is 14.5 Å². The lowest BCUT2D eigenvalue weighted by Crippen LogP contribution is -2.40. The molecule has 4 rings (SSSR count). The number of carbonyl (C=O) groups is 1. The number of nitrogens with one attached hydrogen (secondary N) is 1. The number of para-hydroxylation sites is 3. The fraction of sp³-hybridized carbons (Fsp3) is 0.276. The van der Waals surface area contributed by atoms with Crippen molar-refractivity contribution in [3.05, 3.63) is 93.4 Å². The highest BCUT2D eigenvalue weighted by Crippen LogP contribution is 2.28. The summed E-state index contributed by atoms with van der Waals surface area (Å²) < 4.78 is 8.39. The predicted octanol–water partition coefficient (Wildman–Crippen LogP) is 6.94. The maximum Gasteiger partial charge on any atom is 0.322 e. The van der Waals surface area contributed by atoms with Crippen molar-refractivity contribution in [2.24, 2.45) is 0 Å². The van der Waals surface area contributed by atoms with E-state index in [0.29, 0.717) is 47.0 Å². The number of hydrogen-bond acceptors (Lipinski definition) is 4. The SMILES string of the molecule is CCCCN(C(=O)Nc1ccc(Br)cc1)C(C)c1nc2ccccc2c(=O)n1-c1ccccc1OCC. The topological polar surface area (TPSA) is 76.5 Å². The van der Waals surface area contributed by atoms with Crippen LogP contribution in [-0.4, -0.2) is 33.6 Å². The molecule has 0 aliphatic carbocycles. The van der Waals surface area contributed by atoms with Gasteiger partial charge in [-0.3, -0.25) is 9.36 Å². The number of unbranched alkanes of at least 4 members (excludes halogenated alkanes) is 1. The molecule has 0 fully saturated rings. The van der Waals surface area contributed by atoms with Crippen LogP contribution in [0.1, 0.15) is 45.5 Å². The Labute approximate surface area is 225 Å². The molecule has 0 radical (unpaired) electrons. The molecule has 1 atom stereocenters. The minimum Gasteiger partial charge on any atom is -0.492 e. The third-order valence-corrected chi connectivity index (χ3v) is 6.69. The van der Waals surface area contributed by atoms with E-state index in [0.717, 1.165) is 17.3 Å². The van der Waals surface area contributed by atoms with Crippen molar-refractivity contribution in [2.45, 2.75) is 39.7 Å². The van der Waals surface area contributed by atoms with Gasteiger partial charge in [-0.25, -0.2) is 9.78 Å². The van der Waals surface area contributed by atoms with E-state index in [2.05, 4.69) is 28.2 Å². The maximum absolute atomic E-state index is 13.9. The van der Waals surface area contributed by atoms with Gasteiger partial charge in [0.1, 0.15) is 11.6 Å². The van der Waals surface area contributed by atoms with Crippen molar-refractivity contribution in [3.8, 4) is 11.4 Å². The Hall–Kier alpha value is -3.65. The molecule has 1 unspecified atom stereocenters. The molecule has 1 N–H and O–H groups in total. The fourth-order valence-electron chi connectivity index (χ4n) is 4.25. The summed E-state index contributed by atoms with van der Waals surface area (Å²) in [4.78, 5) is 34.1. The van der Waals surface area contributed by atoms with Gasteiger partial charge in [-0.15, -0.1) is 0 Å². The molecule has 37 heavy (non-hydrogen) atoms. The highest BCUT2D eigenvalue weighted by molar-refractivity contribution is 9.10. The van der Waals surface area contributed by atoms with Crippen molar-refractivity contribution in [3.63, 3.8) is 0 Å². The number of benzene rings is 3. The van der Waals surface area contributed by atoms with E-state index in [9.17, 15) is 9.59 Å². The van der Waals surface area contributed by atoms with Gasteiger partial charge in [-0.1, -0.05) is 53.5 Å². The number of ether oxygens (including phenoxy) is 1. The van der Waals surface area contributed by atoms with Crippen LogP contribution in [-0.2, 0) is 0 Å². The van der Waals surface area contributed by atoms with E-state index in [4.69, 9.17) is 9.72 Å². The van der Waals surface area contributed by atoms with Crippen LogP contribution in [0.3, 0.4) is 0 Å². The van der Waals surface area contributed by atoms with Crippen molar-refractivity contribution in [2.75, 3.05) is 18.5 Å². The predicted molar refractivity (Wildman–Crippen MR) is 152 cm³/mol. The summed E-state index contributed by atoms with van der Waals surface area (Å²) in [5.41, 5.74) is 1.66. The first-order valence-corrected chi connectivity index (χ1v) is 13.3. The van der Waals surface area contributed by atoms with Gasteiger partial charge in [0.25, 0.3) is 5.56 Å². The minimum atomic E-state index is -0.506. The minimum absolute atomic E-state index is 0.205. The van der Waals surface area contributed by atoms with E-state index in [1.807, 2.05) is 80.6 Å². The molecule has 3 aromatic carbocycles. The number of hydrogen-bond donors (Lipinski definition) is 1. The lowest BCUT2D eigenvalue weighted by molar-refractivity contribution is 0.188. The number of fused-ring (bicyclic) bond motifs is 1. The van der Waals surface area contributed by atoms with Gasteiger partial charge in [-0.2, -0.15) is 0 Å². The van der Waals surface area contributed by atoms with Crippen molar-refractivity contribution in [1.29, 1.82) is 0 Å². The van der Waals surface area contributed by atoms with Gasteiger partial charge in [0.05, 0.1) is 29.2 Å². The van der Waals surface area contributed by atoms with E-state index < -0.39 is 6.04 Å². The van der Waals surface area contributed by atoms with Gasteiger partial charge in [0, 0.05) is 16.7 Å². The van der Waals surface area contributed by atoms with Crippen LogP contribution in [0.4, 0.5) is 10.5 Å². The number of urea groups is 1. The molecule has 192 valence electrons. The van der Waals surface area contributed by atoms with Crippen LogP contribution in [0.5, 0.6) is 5.75 Å². The van der Waals surface area contributed by atoms with E-state index in [1.54, 1.807) is 15.5 Å². The molecule has 0 saturated heterocycles. The Kier molecular flexibility index (Phi) is 8.61. The number of nitrogens with zero attached hydrogens (tertiary/aromatic N) is 3. The first kappa shape index (κ1) is 26.4. The molecule has 0 aliphatic rings. The normalized spacial score (nSPS) is 11.8. The second kappa shape index (κ2) is 12.1. The number of carbonyl (C=O) groups excluding carboxylic acids is 1. The van der Waals surface area contributed by atoms with E-state index >= 15 is 0 Å². The monoisotopic (exact) mass is 562 g/mol. The Morgan fingerprint density at radius 3 is 2.49 bits per heavy atom. The number of aromatic nitrogens is 2. The molecular weight excluding hydrogens is 532 g/mol. The van der Waals surface area contributed by atoms with Crippen molar-refractivity contribution >= 4 is 38.6 Å². The lowest BCUT2D eigenvalue weighted by Gasteiger charge is -2.31. The third-order valence-electron chi connectivity index (χ3n) is 6.16. The Morgan fingerprint density at radius 2 is 1.76 bits per heavy atom. The average molecular weight is 563 g/mol. The molecule has 4 aromatic rings. The van der Waals surface area contributed by atoms with Crippen molar-refractivity contribution < 1.29 is 9.53 Å². The lowest BCUT2D eigenvalue weighted by atomic mass is 10.1. The zero-order chi connectivity index (χ0) is 26.4. The van der Waals surface area contributed by atoms with Gasteiger partial charge in [-0.05, 0) is 68.8 Å². The zero-order valence-electron chi connectivity index (χ0n) is 21.3. The number of rotatable bonds is 9. The highest BCUT2D eigenvalue weighted by atomic mass is 79.9. The van der Waals surface area contributed by atoms with Gasteiger partial charge in [0.15, 0.2) is 0 Å². The van der Waals surface area contributed by atoms with Gasteiger partial charge >= 0.3 is 6.03 Å². The number of halogens is 1. The van der Waals surface area contributed by atoms with Crippen LogP contribution in [0.2, 0.25) is 0 Å². The fourth-order valence-corrected chi connectivity index (χ4v) is 4.51. The molecule has 0 spiro atoms. The molecule has 0 saturated carbocycles. The molecule has 2 amide bonds. The molecule has 0 bridgehead atoms. The summed E-state index contributed by atoms with van der Waals surface area (Å²) in [5.74, 6) is 1.05. The molecule has 0 aliphatic heterocycles. The van der Waals surface area contributed by atoms with Crippen LogP contribution in [0, 0.1) is 0 Å². The second-order valence-electron chi connectivity index (χ2n) is 8.69.